The van der Waals surface area contributed by atoms with Gasteiger partial charge in [-0.25, -0.2) is 8.42 Å². The van der Waals surface area contributed by atoms with Gasteiger partial charge in [0.25, 0.3) is 5.91 Å². The van der Waals surface area contributed by atoms with Crippen molar-refractivity contribution in [2.75, 3.05) is 26.3 Å². The van der Waals surface area contributed by atoms with Crippen molar-refractivity contribution < 1.29 is 17.9 Å². The molecule has 1 saturated heterocycles. The summed E-state index contributed by atoms with van der Waals surface area (Å²) >= 11 is 0. The van der Waals surface area contributed by atoms with Crippen LogP contribution in [0, 0.1) is 5.92 Å². The number of carbonyl (C=O) groups is 1. The standard InChI is InChI=1S/C17H29N3O4S/c1-13(2)5-6-14(3)18-17(21)16-11-15(12-19(16)4)25(22,23)20-7-9-24-10-8-20/h11-14H,5-10H2,1-4H3,(H,18,21). The Balaban J connectivity index is 2.09. The summed E-state index contributed by atoms with van der Waals surface area (Å²) in [7, 11) is -1.91. The van der Waals surface area contributed by atoms with Crippen molar-refractivity contribution in [3.05, 3.63) is 18.0 Å². The van der Waals surface area contributed by atoms with Crippen molar-refractivity contribution >= 4 is 15.9 Å². The molecule has 8 heteroatoms. The van der Waals surface area contributed by atoms with Crippen LogP contribution in [0.1, 0.15) is 44.1 Å². The molecule has 0 aliphatic carbocycles. The number of aryl methyl sites for hydroxylation is 1. The summed E-state index contributed by atoms with van der Waals surface area (Å²) in [5, 5.41) is 2.95. The molecule has 2 heterocycles. The minimum Gasteiger partial charge on any atom is -0.379 e. The van der Waals surface area contributed by atoms with E-state index < -0.39 is 10.0 Å². The molecule has 7 nitrogen and oxygen atoms in total. The fraction of sp³-hybridized carbons (Fsp3) is 0.706. The second-order valence-electron chi connectivity index (χ2n) is 7.03. The lowest BCUT2D eigenvalue weighted by molar-refractivity contribution is 0.0730. The van der Waals surface area contributed by atoms with Gasteiger partial charge in [0.1, 0.15) is 10.6 Å². The van der Waals surface area contributed by atoms with Crippen molar-refractivity contribution in [3.63, 3.8) is 0 Å². The van der Waals surface area contributed by atoms with Gasteiger partial charge >= 0.3 is 0 Å². The van der Waals surface area contributed by atoms with Gasteiger partial charge in [0, 0.05) is 32.4 Å². The molecule has 1 fully saturated rings. The Morgan fingerprint density at radius 3 is 2.48 bits per heavy atom. The number of rotatable bonds is 7. The number of nitrogens with zero attached hydrogens (tertiary/aromatic N) is 2. The Labute approximate surface area is 150 Å². The van der Waals surface area contributed by atoms with E-state index in [1.165, 1.54) is 16.6 Å². The third-order valence-electron chi connectivity index (χ3n) is 4.37. The molecule has 1 aliphatic heterocycles. The SMILES string of the molecule is CC(C)CCC(C)NC(=O)c1cc(S(=O)(=O)N2CCOCC2)cn1C. The van der Waals surface area contributed by atoms with Crippen LogP contribution in [0.3, 0.4) is 0 Å². The van der Waals surface area contributed by atoms with Crippen LogP contribution in [-0.2, 0) is 21.8 Å². The molecule has 0 aromatic carbocycles. The Morgan fingerprint density at radius 1 is 1.24 bits per heavy atom. The van der Waals surface area contributed by atoms with Crippen LogP contribution >= 0.6 is 0 Å². The number of hydrogen-bond acceptors (Lipinski definition) is 4. The molecule has 1 aromatic rings. The monoisotopic (exact) mass is 371 g/mol. The summed E-state index contributed by atoms with van der Waals surface area (Å²) in [6.45, 7) is 7.73. The summed E-state index contributed by atoms with van der Waals surface area (Å²) in [6.07, 6.45) is 3.43. The number of aromatic nitrogens is 1. The van der Waals surface area contributed by atoms with E-state index in [9.17, 15) is 13.2 Å². The van der Waals surface area contributed by atoms with Gasteiger partial charge in [-0.15, -0.1) is 0 Å². The zero-order chi connectivity index (χ0) is 18.6. The average Bonchev–Trinajstić information content (AvgIpc) is 2.96. The lowest BCUT2D eigenvalue weighted by atomic mass is 10.0. The van der Waals surface area contributed by atoms with Crippen molar-refractivity contribution in [2.45, 2.75) is 44.6 Å². The van der Waals surface area contributed by atoms with Crippen molar-refractivity contribution in [1.82, 2.24) is 14.2 Å². The summed E-state index contributed by atoms with van der Waals surface area (Å²) in [6, 6.07) is 1.50. The third-order valence-corrected chi connectivity index (χ3v) is 6.24. The van der Waals surface area contributed by atoms with Gasteiger partial charge < -0.3 is 14.6 Å². The molecule has 1 aromatic heterocycles. The molecular formula is C17H29N3O4S. The van der Waals surface area contributed by atoms with Gasteiger partial charge in [-0.05, 0) is 31.7 Å². The highest BCUT2D eigenvalue weighted by atomic mass is 32.2. The van der Waals surface area contributed by atoms with Gasteiger partial charge in [0.2, 0.25) is 10.0 Å². The van der Waals surface area contributed by atoms with E-state index in [2.05, 4.69) is 19.2 Å². The van der Waals surface area contributed by atoms with E-state index >= 15 is 0 Å². The highest BCUT2D eigenvalue weighted by molar-refractivity contribution is 7.89. The Hall–Kier alpha value is -1.38. The minimum absolute atomic E-state index is 0.0455. The molecule has 25 heavy (non-hydrogen) atoms. The Kier molecular flexibility index (Phi) is 6.65. The van der Waals surface area contributed by atoms with Crippen LogP contribution in [-0.4, -0.2) is 55.5 Å². The molecule has 1 N–H and O–H groups in total. The number of sulfonamides is 1. The molecule has 1 unspecified atom stereocenters. The number of morpholine rings is 1. The molecular weight excluding hydrogens is 342 g/mol. The number of ether oxygens (including phenoxy) is 1. The lowest BCUT2D eigenvalue weighted by Crippen LogP contribution is -2.40. The molecule has 1 aliphatic rings. The van der Waals surface area contributed by atoms with Crippen molar-refractivity contribution in [1.29, 1.82) is 0 Å². The van der Waals surface area contributed by atoms with Crippen LogP contribution in [0.15, 0.2) is 17.2 Å². The van der Waals surface area contributed by atoms with Crippen LogP contribution in [0.25, 0.3) is 0 Å². The predicted octanol–water partition coefficient (Wildman–Crippen LogP) is 1.60. The molecule has 0 radical (unpaired) electrons. The van der Waals surface area contributed by atoms with E-state index in [0.29, 0.717) is 37.9 Å². The Morgan fingerprint density at radius 2 is 1.88 bits per heavy atom. The third kappa shape index (κ3) is 5.05. The quantitative estimate of drug-likeness (QED) is 0.789. The maximum Gasteiger partial charge on any atom is 0.268 e. The number of nitrogens with one attached hydrogen (secondary N) is 1. The minimum atomic E-state index is -3.59. The zero-order valence-corrected chi connectivity index (χ0v) is 16.3. The molecule has 142 valence electrons. The smallest absolute Gasteiger partial charge is 0.268 e. The lowest BCUT2D eigenvalue weighted by Gasteiger charge is -2.25. The molecule has 0 bridgehead atoms. The second kappa shape index (κ2) is 8.33. The summed E-state index contributed by atoms with van der Waals surface area (Å²) in [5.41, 5.74) is 0.350. The van der Waals surface area contributed by atoms with Gasteiger partial charge in [-0.3, -0.25) is 4.79 Å². The first-order valence-electron chi connectivity index (χ1n) is 8.77. The molecule has 0 spiro atoms. The normalized spacial score (nSPS) is 17.6. The fourth-order valence-electron chi connectivity index (χ4n) is 2.79. The average molecular weight is 372 g/mol. The molecule has 2 rings (SSSR count). The highest BCUT2D eigenvalue weighted by Crippen LogP contribution is 2.20. The van der Waals surface area contributed by atoms with Crippen LogP contribution < -0.4 is 5.32 Å². The van der Waals surface area contributed by atoms with E-state index in [1.54, 1.807) is 11.6 Å². The van der Waals surface area contributed by atoms with Crippen LogP contribution in [0.2, 0.25) is 0 Å². The maximum absolute atomic E-state index is 12.7. The fourth-order valence-corrected chi connectivity index (χ4v) is 4.27. The topological polar surface area (TPSA) is 80.6 Å². The number of carbonyl (C=O) groups excluding carboxylic acids is 1. The molecule has 1 amide bonds. The number of hydrogen-bond donors (Lipinski definition) is 1. The van der Waals surface area contributed by atoms with E-state index in [1.807, 2.05) is 6.92 Å². The Bertz CT molecular complexity index is 691. The van der Waals surface area contributed by atoms with E-state index in [4.69, 9.17) is 4.74 Å². The van der Waals surface area contributed by atoms with Gasteiger partial charge in [-0.1, -0.05) is 13.8 Å². The predicted molar refractivity (Wildman–Crippen MR) is 96.0 cm³/mol. The first-order valence-corrected chi connectivity index (χ1v) is 10.2. The zero-order valence-electron chi connectivity index (χ0n) is 15.5. The van der Waals surface area contributed by atoms with Gasteiger partial charge in [-0.2, -0.15) is 4.31 Å². The van der Waals surface area contributed by atoms with Crippen LogP contribution in [0.4, 0.5) is 0 Å². The molecule has 0 saturated carbocycles. The summed E-state index contributed by atoms with van der Waals surface area (Å²) < 4.78 is 33.6. The summed E-state index contributed by atoms with van der Waals surface area (Å²) in [5.74, 6) is 0.335. The van der Waals surface area contributed by atoms with E-state index in [0.717, 1.165) is 12.8 Å². The highest BCUT2D eigenvalue weighted by Gasteiger charge is 2.29. The van der Waals surface area contributed by atoms with Crippen molar-refractivity contribution in [2.24, 2.45) is 13.0 Å². The molecule has 1 atom stereocenters. The van der Waals surface area contributed by atoms with E-state index in [-0.39, 0.29) is 16.8 Å². The van der Waals surface area contributed by atoms with Crippen LogP contribution in [0.5, 0.6) is 0 Å². The van der Waals surface area contributed by atoms with Crippen molar-refractivity contribution in [3.8, 4) is 0 Å². The second-order valence-corrected chi connectivity index (χ2v) is 8.97. The number of amides is 1. The van der Waals surface area contributed by atoms with Gasteiger partial charge in [0.15, 0.2) is 0 Å². The first-order chi connectivity index (χ1) is 11.7. The summed E-state index contributed by atoms with van der Waals surface area (Å²) in [4.78, 5) is 12.6. The first kappa shape index (κ1) is 19.9. The van der Waals surface area contributed by atoms with Gasteiger partial charge in [0.05, 0.1) is 13.2 Å². The maximum atomic E-state index is 12.7. The largest absolute Gasteiger partial charge is 0.379 e.